The third-order valence-electron chi connectivity index (χ3n) is 3.88. The normalized spacial score (nSPS) is 11.7. The van der Waals surface area contributed by atoms with E-state index in [0.717, 1.165) is 11.3 Å². The molecule has 7 heteroatoms. The Kier molecular flexibility index (Phi) is 7.20. The minimum atomic E-state index is -2.85. The average Bonchev–Trinajstić information content (AvgIpc) is 2.62. The van der Waals surface area contributed by atoms with Crippen LogP contribution in [-0.2, 0) is 0 Å². The molecule has 0 aromatic heterocycles. The van der Waals surface area contributed by atoms with Gasteiger partial charge < -0.3 is 20.3 Å². The van der Waals surface area contributed by atoms with Crippen LogP contribution in [0.15, 0.2) is 54.6 Å². The molecular formula is C19H23F2N3O2. The molecule has 0 aliphatic rings. The van der Waals surface area contributed by atoms with Gasteiger partial charge in [0.15, 0.2) is 0 Å². The molecule has 2 aromatic carbocycles. The highest BCUT2D eigenvalue weighted by Gasteiger charge is 2.10. The van der Waals surface area contributed by atoms with Gasteiger partial charge in [0.05, 0.1) is 6.04 Å². The Balaban J connectivity index is 1.74. The van der Waals surface area contributed by atoms with E-state index in [0.29, 0.717) is 13.1 Å². The van der Waals surface area contributed by atoms with Crippen LogP contribution in [0.1, 0.15) is 18.5 Å². The summed E-state index contributed by atoms with van der Waals surface area (Å²) in [6.07, 6.45) is 0. The van der Waals surface area contributed by atoms with Crippen molar-refractivity contribution in [1.29, 1.82) is 0 Å². The third-order valence-corrected chi connectivity index (χ3v) is 3.88. The van der Waals surface area contributed by atoms with E-state index in [1.54, 1.807) is 12.1 Å². The van der Waals surface area contributed by atoms with Gasteiger partial charge in [0.1, 0.15) is 5.75 Å². The summed E-state index contributed by atoms with van der Waals surface area (Å²) in [7, 11) is 1.96. The van der Waals surface area contributed by atoms with Crippen molar-refractivity contribution in [2.75, 3.05) is 25.0 Å². The number of carbonyl (C=O) groups excluding carboxylic acids is 1. The van der Waals surface area contributed by atoms with E-state index >= 15 is 0 Å². The molecule has 0 fully saturated rings. The smallest absolute Gasteiger partial charge is 0.387 e. The number of para-hydroxylation sites is 1. The number of ether oxygens (including phenoxy) is 1. The first-order chi connectivity index (χ1) is 12.5. The topological polar surface area (TPSA) is 53.6 Å². The number of hydrogen-bond donors (Lipinski definition) is 2. The molecule has 5 nitrogen and oxygen atoms in total. The fraction of sp³-hybridized carbons (Fsp3) is 0.316. The maximum Gasteiger partial charge on any atom is 0.387 e. The lowest BCUT2D eigenvalue weighted by atomic mass is 10.1. The second-order valence-corrected chi connectivity index (χ2v) is 5.83. The first-order valence-corrected chi connectivity index (χ1v) is 8.31. The number of hydrogen-bond acceptors (Lipinski definition) is 3. The lowest BCUT2D eigenvalue weighted by molar-refractivity contribution is -0.0498. The van der Waals surface area contributed by atoms with E-state index in [4.69, 9.17) is 0 Å². The zero-order chi connectivity index (χ0) is 18.9. The maximum atomic E-state index is 12.1. The van der Waals surface area contributed by atoms with E-state index in [1.807, 2.05) is 49.2 Å². The van der Waals surface area contributed by atoms with Crippen LogP contribution >= 0.6 is 0 Å². The van der Waals surface area contributed by atoms with Gasteiger partial charge in [0, 0.05) is 25.8 Å². The molecular weight excluding hydrogens is 340 g/mol. The summed E-state index contributed by atoms with van der Waals surface area (Å²) in [5.41, 5.74) is 1.87. The van der Waals surface area contributed by atoms with Crippen LogP contribution in [0.4, 0.5) is 19.3 Å². The van der Waals surface area contributed by atoms with Crippen molar-refractivity contribution >= 4 is 11.7 Å². The van der Waals surface area contributed by atoms with E-state index in [1.165, 1.54) is 12.1 Å². The number of halogens is 2. The predicted octanol–water partition coefficient (Wildman–Crippen LogP) is 3.78. The van der Waals surface area contributed by atoms with E-state index in [9.17, 15) is 13.6 Å². The van der Waals surface area contributed by atoms with Crippen molar-refractivity contribution in [2.45, 2.75) is 19.6 Å². The van der Waals surface area contributed by atoms with Gasteiger partial charge >= 0.3 is 12.6 Å². The number of urea groups is 1. The van der Waals surface area contributed by atoms with Crippen LogP contribution in [0.25, 0.3) is 0 Å². The summed E-state index contributed by atoms with van der Waals surface area (Å²) in [6, 6.07) is 15.5. The Morgan fingerprint density at radius 1 is 1.12 bits per heavy atom. The fourth-order valence-electron chi connectivity index (χ4n) is 2.42. The number of carbonyl (C=O) groups is 1. The number of benzene rings is 2. The fourth-order valence-corrected chi connectivity index (χ4v) is 2.42. The number of alkyl halides is 2. The van der Waals surface area contributed by atoms with Crippen LogP contribution in [0.5, 0.6) is 5.75 Å². The molecule has 1 atom stereocenters. The molecule has 2 aromatic rings. The number of nitrogens with one attached hydrogen (secondary N) is 2. The number of rotatable bonds is 8. The van der Waals surface area contributed by atoms with E-state index in [-0.39, 0.29) is 17.8 Å². The van der Waals surface area contributed by atoms with Gasteiger partial charge in [-0.05, 0) is 36.8 Å². The second-order valence-electron chi connectivity index (χ2n) is 5.83. The summed E-state index contributed by atoms with van der Waals surface area (Å²) in [5.74, 6) is 0.0874. The minimum Gasteiger partial charge on any atom is -0.435 e. The van der Waals surface area contributed by atoms with Crippen molar-refractivity contribution in [3.05, 3.63) is 60.2 Å². The summed E-state index contributed by atoms with van der Waals surface area (Å²) in [5, 5.41) is 5.62. The van der Waals surface area contributed by atoms with Crippen molar-refractivity contribution in [3.8, 4) is 5.75 Å². The minimum absolute atomic E-state index is 0.0874. The van der Waals surface area contributed by atoms with E-state index in [2.05, 4.69) is 15.4 Å². The van der Waals surface area contributed by atoms with Gasteiger partial charge in [-0.1, -0.05) is 30.3 Å². The average molecular weight is 363 g/mol. The molecule has 0 bridgehead atoms. The molecule has 0 spiro atoms. The summed E-state index contributed by atoms with van der Waals surface area (Å²) >= 11 is 0. The van der Waals surface area contributed by atoms with Crippen molar-refractivity contribution < 1.29 is 18.3 Å². The van der Waals surface area contributed by atoms with Gasteiger partial charge in [-0.2, -0.15) is 8.78 Å². The van der Waals surface area contributed by atoms with Crippen LogP contribution in [0.2, 0.25) is 0 Å². The molecule has 0 aliphatic heterocycles. The molecule has 2 N–H and O–H groups in total. The van der Waals surface area contributed by atoms with Gasteiger partial charge in [0.2, 0.25) is 0 Å². The third kappa shape index (κ3) is 6.23. The zero-order valence-corrected chi connectivity index (χ0v) is 14.8. The predicted molar refractivity (Wildman–Crippen MR) is 97.7 cm³/mol. The van der Waals surface area contributed by atoms with Crippen molar-refractivity contribution in [2.24, 2.45) is 0 Å². The van der Waals surface area contributed by atoms with Crippen molar-refractivity contribution in [3.63, 3.8) is 0 Å². The van der Waals surface area contributed by atoms with Gasteiger partial charge in [-0.3, -0.25) is 0 Å². The summed E-state index contributed by atoms with van der Waals surface area (Å²) in [4.78, 5) is 14.0. The highest BCUT2D eigenvalue weighted by molar-refractivity contribution is 5.74. The number of anilines is 1. The molecule has 0 saturated heterocycles. The Morgan fingerprint density at radius 3 is 2.38 bits per heavy atom. The number of nitrogens with zero attached hydrogens (tertiary/aromatic N) is 1. The largest absolute Gasteiger partial charge is 0.435 e. The first-order valence-electron chi connectivity index (χ1n) is 8.31. The van der Waals surface area contributed by atoms with Gasteiger partial charge in [0.25, 0.3) is 0 Å². The molecule has 26 heavy (non-hydrogen) atoms. The van der Waals surface area contributed by atoms with Crippen LogP contribution in [0, 0.1) is 0 Å². The monoisotopic (exact) mass is 363 g/mol. The molecule has 0 heterocycles. The maximum absolute atomic E-state index is 12.1. The lowest BCUT2D eigenvalue weighted by Gasteiger charge is -2.20. The number of likely N-dealkylation sites (N-methyl/N-ethyl adjacent to an activating group) is 1. The first kappa shape index (κ1) is 19.5. The zero-order valence-electron chi connectivity index (χ0n) is 14.8. The van der Waals surface area contributed by atoms with Gasteiger partial charge in [-0.25, -0.2) is 4.79 Å². The molecule has 0 saturated carbocycles. The molecule has 140 valence electrons. The SMILES string of the molecule is CC(NC(=O)NCCN(C)c1ccccc1)c1ccc(OC(F)F)cc1. The Morgan fingerprint density at radius 2 is 1.77 bits per heavy atom. The molecule has 0 radical (unpaired) electrons. The summed E-state index contributed by atoms with van der Waals surface area (Å²) in [6.45, 7) is 0.131. The Bertz CT molecular complexity index is 681. The Labute approximate surface area is 152 Å². The number of amides is 2. The molecule has 2 rings (SSSR count). The van der Waals surface area contributed by atoms with Crippen LogP contribution < -0.4 is 20.3 Å². The second kappa shape index (κ2) is 9.60. The van der Waals surface area contributed by atoms with E-state index < -0.39 is 6.61 Å². The van der Waals surface area contributed by atoms with Crippen LogP contribution in [-0.4, -0.2) is 32.8 Å². The lowest BCUT2D eigenvalue weighted by Crippen LogP contribution is -2.40. The highest BCUT2D eigenvalue weighted by atomic mass is 19.3. The van der Waals surface area contributed by atoms with Crippen LogP contribution in [0.3, 0.4) is 0 Å². The quantitative estimate of drug-likeness (QED) is 0.750. The van der Waals surface area contributed by atoms with Gasteiger partial charge in [-0.15, -0.1) is 0 Å². The molecule has 0 aliphatic carbocycles. The molecule has 2 amide bonds. The van der Waals surface area contributed by atoms with Crippen molar-refractivity contribution in [1.82, 2.24) is 10.6 Å². The highest BCUT2D eigenvalue weighted by Crippen LogP contribution is 2.19. The standard InChI is InChI=1S/C19H23F2N3O2/c1-14(15-8-10-17(11-9-15)26-18(20)21)23-19(25)22-12-13-24(2)16-6-4-3-5-7-16/h3-11,14,18H,12-13H2,1-2H3,(H2,22,23,25). The Hall–Kier alpha value is -2.83. The summed E-state index contributed by atoms with van der Waals surface area (Å²) < 4.78 is 28.6. The molecule has 1 unspecified atom stereocenters.